The van der Waals surface area contributed by atoms with Gasteiger partial charge in [-0.3, -0.25) is 4.79 Å². The van der Waals surface area contributed by atoms with Crippen LogP contribution in [0.1, 0.15) is 47.1 Å². The van der Waals surface area contributed by atoms with Crippen LogP contribution in [-0.4, -0.2) is 27.8 Å². The summed E-state index contributed by atoms with van der Waals surface area (Å²) in [4.78, 5) is 22.1. The topological polar surface area (TPSA) is 59.2 Å². The number of rotatable bonds is 4. The molecule has 0 radical (unpaired) electrons. The molecule has 2 atom stereocenters. The van der Waals surface area contributed by atoms with E-state index in [1.165, 1.54) is 6.42 Å². The molecule has 21 heavy (non-hydrogen) atoms. The van der Waals surface area contributed by atoms with E-state index in [2.05, 4.69) is 16.9 Å². The zero-order chi connectivity index (χ0) is 15.0. The first-order valence-corrected chi connectivity index (χ1v) is 7.18. The molecule has 2 heterocycles. The second-order valence-electron chi connectivity index (χ2n) is 5.77. The number of hydrogen-bond donors (Lipinski definition) is 0. The molecule has 1 fully saturated rings. The van der Waals surface area contributed by atoms with Crippen LogP contribution < -0.4 is 0 Å². The first kappa shape index (κ1) is 13.8. The Bertz CT molecular complexity index is 665. The SMILES string of the molecule is Cc1nccc(C(=O)N(C)Cc2ccc([C@H]3C[C@H]3C)o2)n1. The van der Waals surface area contributed by atoms with Crippen molar-refractivity contribution in [3.8, 4) is 0 Å². The van der Waals surface area contributed by atoms with Crippen LogP contribution in [0.5, 0.6) is 0 Å². The zero-order valence-electron chi connectivity index (χ0n) is 12.5. The lowest BCUT2D eigenvalue weighted by Crippen LogP contribution is -2.27. The highest BCUT2D eigenvalue weighted by molar-refractivity contribution is 5.91. The Morgan fingerprint density at radius 1 is 1.43 bits per heavy atom. The molecule has 2 aromatic heterocycles. The van der Waals surface area contributed by atoms with Gasteiger partial charge in [-0.2, -0.15) is 0 Å². The Morgan fingerprint density at radius 3 is 2.86 bits per heavy atom. The molecule has 0 unspecified atom stereocenters. The molecule has 3 rings (SSSR count). The van der Waals surface area contributed by atoms with Gasteiger partial charge in [0.15, 0.2) is 0 Å². The van der Waals surface area contributed by atoms with Gasteiger partial charge in [-0.15, -0.1) is 0 Å². The standard InChI is InChI=1S/C16H19N3O2/c1-10-8-13(10)15-5-4-12(21-15)9-19(3)16(20)14-6-7-17-11(2)18-14/h4-7,10,13H,8-9H2,1-3H3/t10-,13+/m1/s1. The van der Waals surface area contributed by atoms with Crippen molar-refractivity contribution in [1.29, 1.82) is 0 Å². The number of carbonyl (C=O) groups excluding carboxylic acids is 1. The van der Waals surface area contributed by atoms with Gasteiger partial charge in [0.05, 0.1) is 6.54 Å². The summed E-state index contributed by atoms with van der Waals surface area (Å²) in [6.45, 7) is 4.44. The molecular weight excluding hydrogens is 266 g/mol. The van der Waals surface area contributed by atoms with Gasteiger partial charge in [-0.25, -0.2) is 9.97 Å². The van der Waals surface area contributed by atoms with Gasteiger partial charge in [-0.05, 0) is 37.5 Å². The van der Waals surface area contributed by atoms with Crippen molar-refractivity contribution in [2.45, 2.75) is 32.7 Å². The van der Waals surface area contributed by atoms with Gasteiger partial charge in [0.1, 0.15) is 23.0 Å². The fourth-order valence-electron chi connectivity index (χ4n) is 2.47. The van der Waals surface area contributed by atoms with E-state index < -0.39 is 0 Å². The van der Waals surface area contributed by atoms with Crippen molar-refractivity contribution in [3.05, 3.63) is 47.4 Å². The molecule has 1 saturated carbocycles. The van der Waals surface area contributed by atoms with Crippen LogP contribution in [0.2, 0.25) is 0 Å². The fraction of sp³-hybridized carbons (Fsp3) is 0.438. The Morgan fingerprint density at radius 2 is 2.19 bits per heavy atom. The molecule has 2 aromatic rings. The number of aromatic nitrogens is 2. The summed E-state index contributed by atoms with van der Waals surface area (Å²) in [6.07, 6.45) is 2.80. The van der Waals surface area contributed by atoms with Crippen molar-refractivity contribution in [3.63, 3.8) is 0 Å². The third kappa shape index (κ3) is 2.96. The first-order chi connectivity index (χ1) is 10.0. The average Bonchev–Trinajstić information content (AvgIpc) is 3.01. The summed E-state index contributed by atoms with van der Waals surface area (Å²) < 4.78 is 5.83. The summed E-state index contributed by atoms with van der Waals surface area (Å²) in [6, 6.07) is 5.61. The summed E-state index contributed by atoms with van der Waals surface area (Å²) in [7, 11) is 1.75. The molecule has 5 heteroatoms. The molecule has 1 aliphatic carbocycles. The van der Waals surface area contributed by atoms with Crippen molar-refractivity contribution < 1.29 is 9.21 Å². The Kier molecular flexibility index (Phi) is 3.49. The van der Waals surface area contributed by atoms with E-state index in [4.69, 9.17) is 4.42 Å². The number of hydrogen-bond acceptors (Lipinski definition) is 4. The van der Waals surface area contributed by atoms with Crippen molar-refractivity contribution in [1.82, 2.24) is 14.9 Å². The van der Waals surface area contributed by atoms with E-state index >= 15 is 0 Å². The maximum Gasteiger partial charge on any atom is 0.272 e. The molecule has 5 nitrogen and oxygen atoms in total. The number of nitrogens with zero attached hydrogens (tertiary/aromatic N) is 3. The minimum absolute atomic E-state index is 0.127. The predicted octanol–water partition coefficient (Wildman–Crippen LogP) is 2.77. The first-order valence-electron chi connectivity index (χ1n) is 7.18. The molecular formula is C16H19N3O2. The van der Waals surface area contributed by atoms with Gasteiger partial charge >= 0.3 is 0 Å². The summed E-state index contributed by atoms with van der Waals surface area (Å²) in [5.74, 6) is 3.59. The quantitative estimate of drug-likeness (QED) is 0.866. The van der Waals surface area contributed by atoms with Gasteiger partial charge in [0, 0.05) is 19.2 Å². The largest absolute Gasteiger partial charge is 0.464 e. The Labute approximate surface area is 124 Å². The second-order valence-corrected chi connectivity index (χ2v) is 5.77. The molecule has 0 N–H and O–H groups in total. The van der Waals surface area contributed by atoms with Gasteiger partial charge in [-0.1, -0.05) is 6.92 Å². The van der Waals surface area contributed by atoms with Gasteiger partial charge in [0.25, 0.3) is 5.91 Å². The highest BCUT2D eigenvalue weighted by Gasteiger charge is 2.36. The Balaban J connectivity index is 1.66. The molecule has 0 saturated heterocycles. The number of carbonyl (C=O) groups is 1. The van der Waals surface area contributed by atoms with Crippen molar-refractivity contribution in [2.75, 3.05) is 7.05 Å². The molecule has 110 valence electrons. The number of amides is 1. The van der Waals surface area contributed by atoms with E-state index in [9.17, 15) is 4.79 Å². The van der Waals surface area contributed by atoms with E-state index in [0.717, 1.165) is 11.5 Å². The highest BCUT2D eigenvalue weighted by atomic mass is 16.3. The maximum absolute atomic E-state index is 12.3. The lowest BCUT2D eigenvalue weighted by Gasteiger charge is -2.15. The van der Waals surface area contributed by atoms with E-state index in [-0.39, 0.29) is 5.91 Å². The lowest BCUT2D eigenvalue weighted by molar-refractivity contribution is 0.0768. The van der Waals surface area contributed by atoms with Crippen LogP contribution in [0, 0.1) is 12.8 Å². The zero-order valence-corrected chi connectivity index (χ0v) is 12.5. The highest BCUT2D eigenvalue weighted by Crippen LogP contribution is 2.47. The van der Waals surface area contributed by atoms with E-state index in [0.29, 0.717) is 29.9 Å². The third-order valence-electron chi connectivity index (χ3n) is 3.89. The van der Waals surface area contributed by atoms with Crippen molar-refractivity contribution in [2.24, 2.45) is 5.92 Å². The Hall–Kier alpha value is -2.17. The molecule has 0 aromatic carbocycles. The van der Waals surface area contributed by atoms with Crippen molar-refractivity contribution >= 4 is 5.91 Å². The third-order valence-corrected chi connectivity index (χ3v) is 3.89. The van der Waals surface area contributed by atoms with Gasteiger partial charge in [0.2, 0.25) is 0 Å². The summed E-state index contributed by atoms with van der Waals surface area (Å²) in [5.41, 5.74) is 0.410. The van der Waals surface area contributed by atoms with Crippen LogP contribution in [0.4, 0.5) is 0 Å². The average molecular weight is 285 g/mol. The smallest absolute Gasteiger partial charge is 0.272 e. The molecule has 1 amide bonds. The summed E-state index contributed by atoms with van der Waals surface area (Å²) >= 11 is 0. The van der Waals surface area contributed by atoms with Crippen LogP contribution in [-0.2, 0) is 6.54 Å². The van der Waals surface area contributed by atoms with Crippen LogP contribution in [0.15, 0.2) is 28.8 Å². The second kappa shape index (κ2) is 5.31. The van der Waals surface area contributed by atoms with E-state index in [1.54, 1.807) is 31.1 Å². The maximum atomic E-state index is 12.3. The van der Waals surface area contributed by atoms with Crippen LogP contribution >= 0.6 is 0 Å². The minimum atomic E-state index is -0.127. The molecule has 1 aliphatic rings. The van der Waals surface area contributed by atoms with Crippen LogP contribution in [0.25, 0.3) is 0 Å². The molecule has 0 spiro atoms. The monoisotopic (exact) mass is 285 g/mol. The normalized spacial score (nSPS) is 20.3. The lowest BCUT2D eigenvalue weighted by atomic mass is 10.3. The number of furan rings is 1. The molecule has 0 bridgehead atoms. The van der Waals surface area contributed by atoms with Crippen LogP contribution in [0.3, 0.4) is 0 Å². The fourth-order valence-corrected chi connectivity index (χ4v) is 2.47. The molecule has 0 aliphatic heterocycles. The predicted molar refractivity (Wildman–Crippen MR) is 77.8 cm³/mol. The summed E-state index contributed by atoms with van der Waals surface area (Å²) in [5, 5.41) is 0. The van der Waals surface area contributed by atoms with E-state index in [1.807, 2.05) is 12.1 Å². The van der Waals surface area contributed by atoms with Gasteiger partial charge < -0.3 is 9.32 Å². The number of aryl methyl sites for hydroxylation is 1. The minimum Gasteiger partial charge on any atom is -0.464 e.